The Bertz CT molecular complexity index is 1020. The molecule has 1 aromatic heterocycles. The first-order valence-corrected chi connectivity index (χ1v) is 9.19. The molecule has 3 rings (SSSR count). The van der Waals surface area contributed by atoms with E-state index in [2.05, 4.69) is 10.4 Å². The van der Waals surface area contributed by atoms with Crippen LogP contribution in [0.2, 0.25) is 0 Å². The van der Waals surface area contributed by atoms with E-state index in [1.54, 1.807) is 49.8 Å². The Morgan fingerprint density at radius 2 is 1.79 bits per heavy atom. The van der Waals surface area contributed by atoms with Crippen LogP contribution in [0.4, 0.5) is 13.6 Å². The van der Waals surface area contributed by atoms with Crippen LogP contribution in [0.25, 0.3) is 16.8 Å². The zero-order chi connectivity index (χ0) is 21.2. The maximum absolute atomic E-state index is 14.2. The fourth-order valence-electron chi connectivity index (χ4n) is 2.93. The van der Waals surface area contributed by atoms with E-state index in [9.17, 15) is 13.6 Å². The molecule has 0 saturated carbocycles. The third kappa shape index (κ3) is 5.19. The molecule has 0 radical (unpaired) electrons. The fourth-order valence-corrected chi connectivity index (χ4v) is 2.93. The third-order valence-electron chi connectivity index (χ3n) is 4.19. The van der Waals surface area contributed by atoms with Crippen LogP contribution in [-0.2, 0) is 11.3 Å². The number of nitrogens with one attached hydrogen (secondary N) is 1. The van der Waals surface area contributed by atoms with Crippen LogP contribution in [0.1, 0.15) is 32.0 Å². The Hall–Kier alpha value is -3.22. The van der Waals surface area contributed by atoms with Crippen molar-refractivity contribution in [3.8, 4) is 16.8 Å². The predicted octanol–water partition coefficient (Wildman–Crippen LogP) is 5.15. The Morgan fingerprint density at radius 3 is 2.45 bits per heavy atom. The normalized spacial score (nSPS) is 11.4. The molecule has 0 aliphatic rings. The van der Waals surface area contributed by atoms with Gasteiger partial charge in [0.05, 0.1) is 11.9 Å². The second-order valence-electron chi connectivity index (χ2n) is 7.74. The van der Waals surface area contributed by atoms with Gasteiger partial charge in [-0.25, -0.2) is 18.3 Å². The highest BCUT2D eigenvalue weighted by Crippen LogP contribution is 2.27. The number of aromatic nitrogens is 2. The number of carbonyl (C=O) groups excluding carboxylic acids is 1. The highest BCUT2D eigenvalue weighted by Gasteiger charge is 2.16. The Kier molecular flexibility index (Phi) is 5.68. The fraction of sp³-hybridized carbons (Fsp3) is 0.273. The second kappa shape index (κ2) is 8.03. The van der Waals surface area contributed by atoms with Crippen LogP contribution in [0.5, 0.6) is 0 Å². The van der Waals surface area contributed by atoms with Crippen molar-refractivity contribution in [1.82, 2.24) is 15.1 Å². The first kappa shape index (κ1) is 20.5. The standard InChI is InChI=1S/C22H23F2N3O2/c1-14-20(13-26-27(14)19-7-5-17(23)6-8-19)16-9-15(10-18(24)11-16)12-25-21(28)29-22(2,3)4/h5-11,13H,12H2,1-4H3,(H,25,28). The number of carbonyl (C=O) groups is 1. The van der Waals surface area contributed by atoms with Crippen LogP contribution in [0, 0.1) is 18.6 Å². The summed E-state index contributed by atoms with van der Waals surface area (Å²) in [7, 11) is 0. The van der Waals surface area contributed by atoms with Crippen molar-refractivity contribution in [2.24, 2.45) is 0 Å². The van der Waals surface area contributed by atoms with E-state index in [1.165, 1.54) is 24.3 Å². The molecular weight excluding hydrogens is 376 g/mol. The second-order valence-corrected chi connectivity index (χ2v) is 7.74. The number of ether oxygens (including phenoxy) is 1. The Balaban J connectivity index is 1.83. The van der Waals surface area contributed by atoms with E-state index < -0.39 is 17.5 Å². The number of amides is 1. The largest absolute Gasteiger partial charge is 0.444 e. The van der Waals surface area contributed by atoms with Gasteiger partial charge < -0.3 is 10.1 Å². The van der Waals surface area contributed by atoms with Gasteiger partial charge in [0.25, 0.3) is 0 Å². The molecular formula is C22H23F2N3O2. The minimum atomic E-state index is -0.608. The van der Waals surface area contributed by atoms with Gasteiger partial charge in [-0.05, 0) is 81.3 Å². The van der Waals surface area contributed by atoms with Gasteiger partial charge in [0.15, 0.2) is 0 Å². The van der Waals surface area contributed by atoms with Crippen LogP contribution in [0.15, 0.2) is 48.7 Å². The average molecular weight is 399 g/mol. The quantitative estimate of drug-likeness (QED) is 0.660. The van der Waals surface area contributed by atoms with Gasteiger partial charge in [-0.3, -0.25) is 0 Å². The number of hydrogen-bond acceptors (Lipinski definition) is 3. The summed E-state index contributed by atoms with van der Waals surface area (Å²) in [6, 6.07) is 10.5. The van der Waals surface area contributed by atoms with E-state index in [0.717, 1.165) is 11.3 Å². The van der Waals surface area contributed by atoms with Crippen LogP contribution >= 0.6 is 0 Å². The minimum absolute atomic E-state index is 0.130. The first-order chi connectivity index (χ1) is 13.6. The highest BCUT2D eigenvalue weighted by atomic mass is 19.1. The molecule has 1 heterocycles. The van der Waals surface area contributed by atoms with Gasteiger partial charge in [-0.1, -0.05) is 0 Å². The van der Waals surface area contributed by atoms with E-state index in [-0.39, 0.29) is 12.4 Å². The first-order valence-electron chi connectivity index (χ1n) is 9.19. The highest BCUT2D eigenvalue weighted by molar-refractivity contribution is 5.69. The molecule has 5 nitrogen and oxygen atoms in total. The summed E-state index contributed by atoms with van der Waals surface area (Å²) < 4.78 is 34.2. The van der Waals surface area contributed by atoms with Crippen LogP contribution in [-0.4, -0.2) is 21.5 Å². The lowest BCUT2D eigenvalue weighted by Crippen LogP contribution is -2.32. The van der Waals surface area contributed by atoms with Gasteiger partial charge in [-0.15, -0.1) is 0 Å². The number of halogens is 2. The van der Waals surface area contributed by atoms with Crippen molar-refractivity contribution < 1.29 is 18.3 Å². The molecule has 0 atom stereocenters. The summed E-state index contributed by atoms with van der Waals surface area (Å²) in [6.45, 7) is 7.30. The van der Waals surface area contributed by atoms with Crippen molar-refractivity contribution in [2.45, 2.75) is 39.8 Å². The molecule has 0 fully saturated rings. The number of benzene rings is 2. The lowest BCUT2D eigenvalue weighted by atomic mass is 10.0. The topological polar surface area (TPSA) is 56.1 Å². The Morgan fingerprint density at radius 1 is 1.10 bits per heavy atom. The molecule has 0 aliphatic heterocycles. The lowest BCUT2D eigenvalue weighted by molar-refractivity contribution is 0.0523. The van der Waals surface area contributed by atoms with Gasteiger partial charge in [0, 0.05) is 17.8 Å². The van der Waals surface area contributed by atoms with E-state index >= 15 is 0 Å². The van der Waals surface area contributed by atoms with Gasteiger partial charge in [-0.2, -0.15) is 5.10 Å². The molecule has 7 heteroatoms. The minimum Gasteiger partial charge on any atom is -0.444 e. The van der Waals surface area contributed by atoms with Gasteiger partial charge >= 0.3 is 6.09 Å². The van der Waals surface area contributed by atoms with Crippen LogP contribution < -0.4 is 5.32 Å². The number of hydrogen-bond donors (Lipinski definition) is 1. The van der Waals surface area contributed by atoms with Crippen LogP contribution in [0.3, 0.4) is 0 Å². The maximum Gasteiger partial charge on any atom is 0.407 e. The molecule has 1 N–H and O–H groups in total. The van der Waals surface area contributed by atoms with Crippen molar-refractivity contribution in [1.29, 1.82) is 0 Å². The summed E-state index contributed by atoms with van der Waals surface area (Å²) in [5.74, 6) is -0.747. The molecule has 3 aromatic rings. The molecule has 2 aromatic carbocycles. The summed E-state index contributed by atoms with van der Waals surface area (Å²) in [4.78, 5) is 11.8. The van der Waals surface area contributed by atoms with Crippen molar-refractivity contribution in [3.63, 3.8) is 0 Å². The van der Waals surface area contributed by atoms with E-state index in [4.69, 9.17) is 4.74 Å². The zero-order valence-corrected chi connectivity index (χ0v) is 16.8. The van der Waals surface area contributed by atoms with Crippen molar-refractivity contribution >= 4 is 6.09 Å². The molecule has 0 unspecified atom stereocenters. The molecule has 1 amide bonds. The number of nitrogens with zero attached hydrogens (tertiary/aromatic N) is 2. The molecule has 152 valence electrons. The molecule has 29 heavy (non-hydrogen) atoms. The summed E-state index contributed by atoms with van der Waals surface area (Å²) in [6.07, 6.45) is 1.07. The van der Waals surface area contributed by atoms with Crippen molar-refractivity contribution in [2.75, 3.05) is 0 Å². The zero-order valence-electron chi connectivity index (χ0n) is 16.8. The SMILES string of the molecule is Cc1c(-c2cc(F)cc(CNC(=O)OC(C)(C)C)c2)cnn1-c1ccc(F)cc1. The number of rotatable bonds is 4. The summed E-state index contributed by atoms with van der Waals surface area (Å²) in [5.41, 5.74) is 2.86. The monoisotopic (exact) mass is 399 g/mol. The lowest BCUT2D eigenvalue weighted by Gasteiger charge is -2.19. The Labute approximate surface area is 168 Å². The van der Waals surface area contributed by atoms with E-state index in [1.807, 2.05) is 6.92 Å². The van der Waals surface area contributed by atoms with Crippen molar-refractivity contribution in [3.05, 3.63) is 71.6 Å². The molecule has 0 spiro atoms. The smallest absolute Gasteiger partial charge is 0.407 e. The predicted molar refractivity (Wildman–Crippen MR) is 107 cm³/mol. The average Bonchev–Trinajstić information content (AvgIpc) is 3.00. The number of alkyl carbamates (subject to hydrolysis) is 1. The third-order valence-corrected chi connectivity index (χ3v) is 4.19. The summed E-state index contributed by atoms with van der Waals surface area (Å²) in [5, 5.41) is 6.98. The molecule has 0 bridgehead atoms. The molecule has 0 saturated heterocycles. The summed E-state index contributed by atoms with van der Waals surface area (Å²) >= 11 is 0. The van der Waals surface area contributed by atoms with Gasteiger partial charge in [0.2, 0.25) is 0 Å². The van der Waals surface area contributed by atoms with E-state index in [0.29, 0.717) is 16.8 Å². The molecule has 0 aliphatic carbocycles. The van der Waals surface area contributed by atoms with Gasteiger partial charge in [0.1, 0.15) is 17.2 Å². The maximum atomic E-state index is 14.2.